The summed E-state index contributed by atoms with van der Waals surface area (Å²) in [4.78, 5) is 0. The summed E-state index contributed by atoms with van der Waals surface area (Å²) in [5.74, 6) is 1.80. The molecule has 0 saturated heterocycles. The Morgan fingerprint density at radius 2 is 2.29 bits per heavy atom. The van der Waals surface area contributed by atoms with Gasteiger partial charge in [-0.2, -0.15) is 5.26 Å². The lowest BCUT2D eigenvalue weighted by Crippen LogP contribution is -2.28. The molecule has 0 unspecified atom stereocenters. The van der Waals surface area contributed by atoms with Gasteiger partial charge < -0.3 is 9.88 Å². The normalized spacial score (nSPS) is 14.1. The minimum Gasteiger partial charge on any atom is -0.309 e. The SMILES string of the molecule is N#Cc1cccc(-c2nnc3n2CCNC3)c1. The molecular weight excluding hydrogens is 214 g/mol. The molecule has 0 bridgehead atoms. The highest BCUT2D eigenvalue weighted by atomic mass is 15.3. The summed E-state index contributed by atoms with van der Waals surface area (Å²) < 4.78 is 2.10. The first-order valence-electron chi connectivity index (χ1n) is 5.52. The van der Waals surface area contributed by atoms with Gasteiger partial charge in [0.2, 0.25) is 0 Å². The van der Waals surface area contributed by atoms with Crippen molar-refractivity contribution in [3.63, 3.8) is 0 Å². The number of nitrogens with one attached hydrogen (secondary N) is 1. The summed E-state index contributed by atoms with van der Waals surface area (Å²) in [6.07, 6.45) is 0. The van der Waals surface area contributed by atoms with Crippen LogP contribution >= 0.6 is 0 Å². The summed E-state index contributed by atoms with van der Waals surface area (Å²) in [6, 6.07) is 9.61. The number of hydrogen-bond donors (Lipinski definition) is 1. The number of aromatic nitrogens is 3. The average Bonchev–Trinajstić information content (AvgIpc) is 2.82. The fourth-order valence-corrected chi connectivity index (χ4v) is 2.03. The second kappa shape index (κ2) is 4.00. The third-order valence-electron chi connectivity index (χ3n) is 2.87. The lowest BCUT2D eigenvalue weighted by atomic mass is 10.1. The van der Waals surface area contributed by atoms with Gasteiger partial charge in [-0.1, -0.05) is 12.1 Å². The van der Waals surface area contributed by atoms with E-state index >= 15 is 0 Å². The second-order valence-corrected chi connectivity index (χ2v) is 3.96. The lowest BCUT2D eigenvalue weighted by molar-refractivity contribution is 0.508. The standard InChI is InChI=1S/C12H11N5/c13-7-9-2-1-3-10(6-9)12-16-15-11-8-14-4-5-17(11)12/h1-3,6,14H,4-5,8H2. The highest BCUT2D eigenvalue weighted by molar-refractivity contribution is 5.58. The van der Waals surface area contributed by atoms with Crippen molar-refractivity contribution in [2.24, 2.45) is 0 Å². The van der Waals surface area contributed by atoms with Gasteiger partial charge in [-0.15, -0.1) is 10.2 Å². The van der Waals surface area contributed by atoms with Crippen molar-refractivity contribution in [3.05, 3.63) is 35.7 Å². The molecule has 5 heteroatoms. The van der Waals surface area contributed by atoms with Gasteiger partial charge in [0, 0.05) is 18.7 Å². The number of benzene rings is 1. The van der Waals surface area contributed by atoms with E-state index in [0.29, 0.717) is 5.56 Å². The maximum atomic E-state index is 8.90. The molecule has 3 rings (SSSR count). The van der Waals surface area contributed by atoms with Gasteiger partial charge >= 0.3 is 0 Å². The van der Waals surface area contributed by atoms with Crippen molar-refractivity contribution < 1.29 is 0 Å². The number of hydrogen-bond acceptors (Lipinski definition) is 4. The molecule has 1 aromatic heterocycles. The fraction of sp³-hybridized carbons (Fsp3) is 0.250. The molecule has 0 radical (unpaired) electrons. The Kier molecular flexibility index (Phi) is 2.35. The summed E-state index contributed by atoms with van der Waals surface area (Å²) in [7, 11) is 0. The maximum absolute atomic E-state index is 8.90. The van der Waals surface area contributed by atoms with Crippen LogP contribution in [0, 0.1) is 11.3 Å². The van der Waals surface area contributed by atoms with Crippen LogP contribution in [0.3, 0.4) is 0 Å². The molecule has 0 aliphatic carbocycles. The van der Waals surface area contributed by atoms with E-state index in [1.807, 2.05) is 18.2 Å². The summed E-state index contributed by atoms with van der Waals surface area (Å²) >= 11 is 0. The van der Waals surface area contributed by atoms with Crippen molar-refractivity contribution in [2.75, 3.05) is 6.54 Å². The molecule has 1 aliphatic heterocycles. The predicted octanol–water partition coefficient (Wildman–Crippen LogP) is 0.920. The topological polar surface area (TPSA) is 66.5 Å². The van der Waals surface area contributed by atoms with Crippen LogP contribution < -0.4 is 5.32 Å². The number of nitrogens with zero attached hydrogens (tertiary/aromatic N) is 4. The van der Waals surface area contributed by atoms with Gasteiger partial charge in [0.15, 0.2) is 5.82 Å². The Morgan fingerprint density at radius 1 is 1.35 bits per heavy atom. The number of nitriles is 1. The first-order valence-corrected chi connectivity index (χ1v) is 5.52. The molecular formula is C12H11N5. The third kappa shape index (κ3) is 1.69. The van der Waals surface area contributed by atoms with Crippen LogP contribution in [0.15, 0.2) is 24.3 Å². The Balaban J connectivity index is 2.09. The zero-order chi connectivity index (χ0) is 11.7. The van der Waals surface area contributed by atoms with Crippen molar-refractivity contribution in [1.29, 1.82) is 5.26 Å². The van der Waals surface area contributed by atoms with Crippen LogP contribution in [0.25, 0.3) is 11.4 Å². The minimum absolute atomic E-state index is 0.647. The van der Waals surface area contributed by atoms with E-state index in [1.54, 1.807) is 6.07 Å². The van der Waals surface area contributed by atoms with E-state index in [1.165, 1.54) is 0 Å². The lowest BCUT2D eigenvalue weighted by Gasteiger charge is -2.15. The van der Waals surface area contributed by atoms with Gasteiger partial charge in [-0.3, -0.25) is 0 Å². The van der Waals surface area contributed by atoms with E-state index in [9.17, 15) is 0 Å². The number of fused-ring (bicyclic) bond motifs is 1. The molecule has 2 heterocycles. The molecule has 84 valence electrons. The molecule has 0 amide bonds. The van der Waals surface area contributed by atoms with Crippen LogP contribution in [0.4, 0.5) is 0 Å². The van der Waals surface area contributed by atoms with Crippen LogP contribution in [-0.4, -0.2) is 21.3 Å². The Morgan fingerprint density at radius 3 is 3.18 bits per heavy atom. The van der Waals surface area contributed by atoms with Gasteiger partial charge in [-0.05, 0) is 12.1 Å². The molecule has 1 N–H and O–H groups in total. The molecule has 0 fully saturated rings. The smallest absolute Gasteiger partial charge is 0.164 e. The minimum atomic E-state index is 0.647. The Hall–Kier alpha value is -2.19. The van der Waals surface area contributed by atoms with Crippen molar-refractivity contribution in [3.8, 4) is 17.5 Å². The van der Waals surface area contributed by atoms with E-state index in [-0.39, 0.29) is 0 Å². The molecule has 1 aliphatic rings. The zero-order valence-corrected chi connectivity index (χ0v) is 9.22. The van der Waals surface area contributed by atoms with Gasteiger partial charge in [-0.25, -0.2) is 0 Å². The molecule has 1 aromatic carbocycles. The monoisotopic (exact) mass is 225 g/mol. The summed E-state index contributed by atoms with van der Waals surface area (Å²) in [6.45, 7) is 2.55. The van der Waals surface area contributed by atoms with Crippen LogP contribution in [0.1, 0.15) is 11.4 Å². The highest BCUT2D eigenvalue weighted by Gasteiger charge is 2.16. The molecule has 5 nitrogen and oxygen atoms in total. The first kappa shape index (κ1) is 10.00. The largest absolute Gasteiger partial charge is 0.309 e. The molecule has 17 heavy (non-hydrogen) atoms. The zero-order valence-electron chi connectivity index (χ0n) is 9.22. The molecule has 2 aromatic rings. The predicted molar refractivity (Wildman–Crippen MR) is 61.9 cm³/mol. The second-order valence-electron chi connectivity index (χ2n) is 3.96. The van der Waals surface area contributed by atoms with E-state index < -0.39 is 0 Å². The first-order chi connectivity index (χ1) is 8.38. The molecule has 0 saturated carbocycles. The quantitative estimate of drug-likeness (QED) is 0.783. The average molecular weight is 225 g/mol. The van der Waals surface area contributed by atoms with E-state index in [2.05, 4.69) is 26.2 Å². The van der Waals surface area contributed by atoms with Crippen LogP contribution in [-0.2, 0) is 13.1 Å². The Labute approximate surface area is 98.7 Å². The van der Waals surface area contributed by atoms with Gasteiger partial charge in [0.05, 0.1) is 18.2 Å². The van der Waals surface area contributed by atoms with E-state index in [0.717, 1.165) is 36.8 Å². The van der Waals surface area contributed by atoms with Gasteiger partial charge in [0.25, 0.3) is 0 Å². The summed E-state index contributed by atoms with van der Waals surface area (Å²) in [5.41, 5.74) is 1.60. The van der Waals surface area contributed by atoms with Crippen molar-refractivity contribution in [2.45, 2.75) is 13.1 Å². The van der Waals surface area contributed by atoms with Crippen LogP contribution in [0.2, 0.25) is 0 Å². The van der Waals surface area contributed by atoms with Crippen molar-refractivity contribution >= 4 is 0 Å². The Bertz CT molecular complexity index is 593. The van der Waals surface area contributed by atoms with Gasteiger partial charge in [0.1, 0.15) is 5.82 Å². The molecule has 0 atom stereocenters. The highest BCUT2D eigenvalue weighted by Crippen LogP contribution is 2.20. The molecule has 0 spiro atoms. The van der Waals surface area contributed by atoms with E-state index in [4.69, 9.17) is 5.26 Å². The third-order valence-corrected chi connectivity index (χ3v) is 2.87. The fourth-order valence-electron chi connectivity index (χ4n) is 2.03. The van der Waals surface area contributed by atoms with Crippen molar-refractivity contribution in [1.82, 2.24) is 20.1 Å². The summed E-state index contributed by atoms with van der Waals surface area (Å²) in [5, 5.41) is 20.5. The number of rotatable bonds is 1. The maximum Gasteiger partial charge on any atom is 0.164 e. The van der Waals surface area contributed by atoms with Crippen LogP contribution in [0.5, 0.6) is 0 Å².